The lowest BCUT2D eigenvalue weighted by atomic mass is 10.00. The number of rotatable bonds is 6. The molecule has 4 nitrogen and oxygen atoms in total. The van der Waals surface area contributed by atoms with Gasteiger partial charge in [0.05, 0.1) is 16.5 Å². The predicted octanol–water partition coefficient (Wildman–Crippen LogP) is 6.07. The third-order valence-electron chi connectivity index (χ3n) is 4.85. The number of nitrogens with zero attached hydrogens (tertiary/aromatic N) is 1. The van der Waals surface area contributed by atoms with Crippen molar-refractivity contribution < 1.29 is 22.7 Å². The molecule has 0 saturated heterocycles. The topological polar surface area (TPSA) is 53.7 Å². The molecule has 30 heavy (non-hydrogen) atoms. The Balaban J connectivity index is 2.28. The number of phenols is 1. The van der Waals surface area contributed by atoms with Crippen LogP contribution < -0.4 is 5.43 Å². The van der Waals surface area contributed by atoms with Crippen LogP contribution in [0.3, 0.4) is 0 Å². The Morgan fingerprint density at radius 1 is 1.13 bits per heavy atom. The van der Waals surface area contributed by atoms with Crippen molar-refractivity contribution in [3.05, 3.63) is 63.0 Å². The molecule has 0 aliphatic rings. The molecule has 3 aromatic rings. The number of aromatic hydroxyl groups is 1. The molecular formula is C22H21ClF3NO3. The summed E-state index contributed by atoms with van der Waals surface area (Å²) in [6, 6.07) is 8.09. The van der Waals surface area contributed by atoms with E-state index in [0.29, 0.717) is 11.6 Å². The highest BCUT2D eigenvalue weighted by Crippen LogP contribution is 2.39. The van der Waals surface area contributed by atoms with E-state index in [2.05, 4.69) is 0 Å². The van der Waals surface area contributed by atoms with Crippen molar-refractivity contribution in [1.29, 1.82) is 0 Å². The molecule has 0 radical (unpaired) electrons. The number of alkyl halides is 3. The molecule has 0 saturated carbocycles. The summed E-state index contributed by atoms with van der Waals surface area (Å²) >= 11 is 5.83. The van der Waals surface area contributed by atoms with Crippen LogP contribution in [0.2, 0.25) is 5.02 Å². The molecular weight excluding hydrogens is 419 g/mol. The molecule has 0 aliphatic heterocycles. The van der Waals surface area contributed by atoms with Gasteiger partial charge in [0, 0.05) is 11.6 Å². The molecule has 0 bridgehead atoms. The van der Waals surface area contributed by atoms with Crippen LogP contribution in [0.25, 0.3) is 22.1 Å². The highest BCUT2D eigenvalue weighted by molar-refractivity contribution is 6.30. The number of halogens is 4. The predicted molar refractivity (Wildman–Crippen MR) is 111 cm³/mol. The summed E-state index contributed by atoms with van der Waals surface area (Å²) in [5, 5.41) is 10.6. The van der Waals surface area contributed by atoms with Crippen molar-refractivity contribution in [3.8, 4) is 16.9 Å². The Hall–Kier alpha value is -2.51. The number of fused-ring (bicyclic) bond motifs is 1. The minimum absolute atomic E-state index is 0.0235. The van der Waals surface area contributed by atoms with Crippen LogP contribution in [0.1, 0.15) is 31.1 Å². The first kappa shape index (κ1) is 22.2. The van der Waals surface area contributed by atoms with E-state index in [0.717, 1.165) is 12.8 Å². The lowest BCUT2D eigenvalue weighted by Crippen LogP contribution is -2.20. The fourth-order valence-electron chi connectivity index (χ4n) is 3.31. The summed E-state index contributed by atoms with van der Waals surface area (Å²) in [6.45, 7) is 2.85. The molecule has 160 valence electrons. The summed E-state index contributed by atoms with van der Waals surface area (Å²) in [7, 11) is 1.79. The zero-order chi connectivity index (χ0) is 22.1. The Morgan fingerprint density at radius 3 is 2.40 bits per heavy atom. The Kier molecular flexibility index (Phi) is 6.43. The second-order valence-corrected chi connectivity index (χ2v) is 7.61. The van der Waals surface area contributed by atoms with Gasteiger partial charge in [0.25, 0.3) is 0 Å². The maximum atomic E-state index is 13.9. The highest BCUT2D eigenvalue weighted by atomic mass is 35.5. The van der Waals surface area contributed by atoms with E-state index >= 15 is 0 Å². The number of benzene rings is 2. The maximum Gasteiger partial charge on any atom is 0.450 e. The number of unbranched alkanes of at least 4 members (excludes halogenated alkanes) is 1. The Labute approximate surface area is 176 Å². The van der Waals surface area contributed by atoms with E-state index in [-0.39, 0.29) is 34.4 Å². The van der Waals surface area contributed by atoms with Gasteiger partial charge in [0.2, 0.25) is 11.2 Å². The molecule has 8 heteroatoms. The monoisotopic (exact) mass is 439 g/mol. The van der Waals surface area contributed by atoms with Crippen LogP contribution >= 0.6 is 11.6 Å². The molecule has 0 unspecified atom stereocenters. The quantitative estimate of drug-likeness (QED) is 0.506. The van der Waals surface area contributed by atoms with E-state index in [9.17, 15) is 23.1 Å². The zero-order valence-electron chi connectivity index (χ0n) is 16.5. The summed E-state index contributed by atoms with van der Waals surface area (Å²) in [5.74, 6) is -1.62. The van der Waals surface area contributed by atoms with E-state index in [4.69, 9.17) is 16.0 Å². The summed E-state index contributed by atoms with van der Waals surface area (Å²) < 4.78 is 46.8. The van der Waals surface area contributed by atoms with Crippen molar-refractivity contribution in [2.24, 2.45) is 0 Å². The average molecular weight is 440 g/mol. The van der Waals surface area contributed by atoms with Gasteiger partial charge in [-0.05, 0) is 49.8 Å². The average Bonchev–Trinajstić information content (AvgIpc) is 2.68. The van der Waals surface area contributed by atoms with Crippen molar-refractivity contribution >= 4 is 22.6 Å². The van der Waals surface area contributed by atoms with Gasteiger partial charge in [-0.25, -0.2) is 0 Å². The number of phenolic OH excluding ortho intramolecular Hbond substituents is 1. The van der Waals surface area contributed by atoms with E-state index < -0.39 is 22.9 Å². The molecule has 0 atom stereocenters. The second-order valence-electron chi connectivity index (χ2n) is 7.17. The standard InChI is InChI=1S/C22H21ClF3NO3/c1-3-4-11-27(2)12-16-17(28)10-9-15-19(29)18(13-5-7-14(23)8-6-13)21(22(24,25)26)30-20(15)16/h5-10,28H,3-4,11-12H2,1-2H3. The van der Waals surface area contributed by atoms with Crippen molar-refractivity contribution in [1.82, 2.24) is 4.90 Å². The summed E-state index contributed by atoms with van der Waals surface area (Å²) in [4.78, 5) is 15.0. The van der Waals surface area contributed by atoms with Crippen LogP contribution in [0.4, 0.5) is 13.2 Å². The van der Waals surface area contributed by atoms with E-state index in [1.807, 2.05) is 11.8 Å². The molecule has 0 aliphatic carbocycles. The van der Waals surface area contributed by atoms with Crippen molar-refractivity contribution in [2.75, 3.05) is 13.6 Å². The van der Waals surface area contributed by atoms with Crippen LogP contribution in [0.5, 0.6) is 5.75 Å². The maximum absolute atomic E-state index is 13.9. The first-order chi connectivity index (χ1) is 14.1. The number of hydrogen-bond acceptors (Lipinski definition) is 4. The third-order valence-corrected chi connectivity index (χ3v) is 5.10. The minimum atomic E-state index is -4.90. The minimum Gasteiger partial charge on any atom is -0.507 e. The van der Waals surface area contributed by atoms with Crippen LogP contribution in [-0.4, -0.2) is 23.6 Å². The molecule has 0 spiro atoms. The van der Waals surface area contributed by atoms with Gasteiger partial charge in [-0.2, -0.15) is 13.2 Å². The summed E-state index contributed by atoms with van der Waals surface area (Å²) in [5.41, 5.74) is -1.45. The molecule has 1 aromatic heterocycles. The highest BCUT2D eigenvalue weighted by Gasteiger charge is 2.39. The Bertz CT molecular complexity index is 1110. The van der Waals surface area contributed by atoms with Gasteiger partial charge in [0.1, 0.15) is 11.3 Å². The van der Waals surface area contributed by atoms with Gasteiger partial charge >= 0.3 is 6.18 Å². The smallest absolute Gasteiger partial charge is 0.450 e. The van der Waals surface area contributed by atoms with Gasteiger partial charge in [-0.3, -0.25) is 4.79 Å². The fourth-order valence-corrected chi connectivity index (χ4v) is 3.44. The molecule has 0 fully saturated rings. The van der Waals surface area contributed by atoms with Crippen LogP contribution in [0.15, 0.2) is 45.6 Å². The lowest BCUT2D eigenvalue weighted by molar-refractivity contribution is -0.152. The van der Waals surface area contributed by atoms with Gasteiger partial charge in [0.15, 0.2) is 0 Å². The lowest BCUT2D eigenvalue weighted by Gasteiger charge is -2.19. The molecule has 1 heterocycles. The molecule has 2 aromatic carbocycles. The first-order valence-corrected chi connectivity index (χ1v) is 9.84. The fraction of sp³-hybridized carbons (Fsp3) is 0.318. The normalized spacial score (nSPS) is 12.1. The third kappa shape index (κ3) is 4.47. The molecule has 0 amide bonds. The van der Waals surface area contributed by atoms with Gasteiger partial charge in [-0.1, -0.05) is 37.1 Å². The van der Waals surface area contributed by atoms with E-state index in [1.54, 1.807) is 7.05 Å². The van der Waals surface area contributed by atoms with E-state index in [1.165, 1.54) is 36.4 Å². The number of hydrogen-bond donors (Lipinski definition) is 1. The van der Waals surface area contributed by atoms with Crippen LogP contribution in [0, 0.1) is 0 Å². The Morgan fingerprint density at radius 2 is 1.80 bits per heavy atom. The van der Waals surface area contributed by atoms with Crippen LogP contribution in [-0.2, 0) is 12.7 Å². The zero-order valence-corrected chi connectivity index (χ0v) is 17.3. The van der Waals surface area contributed by atoms with Gasteiger partial charge in [-0.15, -0.1) is 0 Å². The van der Waals surface area contributed by atoms with Gasteiger partial charge < -0.3 is 14.4 Å². The molecule has 1 N–H and O–H groups in total. The second kappa shape index (κ2) is 8.70. The first-order valence-electron chi connectivity index (χ1n) is 9.46. The summed E-state index contributed by atoms with van der Waals surface area (Å²) in [6.07, 6.45) is -3.07. The van der Waals surface area contributed by atoms with Crippen molar-refractivity contribution in [3.63, 3.8) is 0 Å². The van der Waals surface area contributed by atoms with Crippen molar-refractivity contribution in [2.45, 2.75) is 32.5 Å². The SMILES string of the molecule is CCCCN(C)Cc1c(O)ccc2c(=O)c(-c3ccc(Cl)cc3)c(C(F)(F)F)oc12. The molecule has 3 rings (SSSR count). The largest absolute Gasteiger partial charge is 0.507 e.